The summed E-state index contributed by atoms with van der Waals surface area (Å²) < 4.78 is 10.3. The number of amides is 1. The largest absolute Gasteiger partial charge is 0.482 e. The lowest BCUT2D eigenvalue weighted by Crippen LogP contribution is -2.31. The molecule has 0 bridgehead atoms. The highest BCUT2D eigenvalue weighted by atomic mass is 35.5. The summed E-state index contributed by atoms with van der Waals surface area (Å²) in [6.45, 7) is 3.10. The van der Waals surface area contributed by atoms with E-state index in [1.807, 2.05) is 25.1 Å². The fourth-order valence-corrected chi connectivity index (χ4v) is 2.03. The van der Waals surface area contributed by atoms with Gasteiger partial charge in [0.15, 0.2) is 12.7 Å². The first-order valence-corrected chi connectivity index (χ1v) is 7.78. The molecule has 0 aromatic heterocycles. The van der Waals surface area contributed by atoms with E-state index in [9.17, 15) is 9.59 Å². The minimum Gasteiger partial charge on any atom is -0.482 e. The lowest BCUT2D eigenvalue weighted by Gasteiger charge is -2.15. The van der Waals surface area contributed by atoms with Gasteiger partial charge in [0.25, 0.3) is 5.91 Å². The fraction of sp³-hybridized carbons (Fsp3) is 0.222. The van der Waals surface area contributed by atoms with E-state index in [0.717, 1.165) is 5.56 Å². The van der Waals surface area contributed by atoms with Gasteiger partial charge in [-0.15, -0.1) is 0 Å². The van der Waals surface area contributed by atoms with Gasteiger partial charge in [-0.05, 0) is 49.7 Å². The molecule has 0 heterocycles. The average Bonchev–Trinajstić information content (AvgIpc) is 2.56. The zero-order chi connectivity index (χ0) is 17.5. The van der Waals surface area contributed by atoms with Gasteiger partial charge in [-0.2, -0.15) is 0 Å². The molecule has 24 heavy (non-hydrogen) atoms. The van der Waals surface area contributed by atoms with Crippen LogP contribution in [0, 0.1) is 6.92 Å². The van der Waals surface area contributed by atoms with Crippen molar-refractivity contribution in [2.24, 2.45) is 0 Å². The van der Waals surface area contributed by atoms with E-state index in [1.165, 1.54) is 6.92 Å². The van der Waals surface area contributed by atoms with Crippen LogP contribution in [0.3, 0.4) is 0 Å². The third kappa shape index (κ3) is 5.28. The number of hydrogen-bond donors (Lipinski definition) is 1. The summed E-state index contributed by atoms with van der Waals surface area (Å²) in [6.07, 6.45) is -0.925. The SMILES string of the molecule is Cc1ccccc1NC(=O)[C@@H](C)OC(=O)COc1ccc(Cl)cc1. The number of aryl methyl sites for hydroxylation is 1. The predicted octanol–water partition coefficient (Wildman–Crippen LogP) is 3.60. The van der Waals surface area contributed by atoms with E-state index in [2.05, 4.69) is 5.32 Å². The summed E-state index contributed by atoms with van der Waals surface area (Å²) in [5.74, 6) is -0.533. The second-order valence-electron chi connectivity index (χ2n) is 5.18. The van der Waals surface area contributed by atoms with Crippen LogP contribution < -0.4 is 10.1 Å². The molecule has 0 spiro atoms. The smallest absolute Gasteiger partial charge is 0.344 e. The van der Waals surface area contributed by atoms with Gasteiger partial charge in [-0.3, -0.25) is 4.79 Å². The Morgan fingerprint density at radius 1 is 1.12 bits per heavy atom. The van der Waals surface area contributed by atoms with Crippen molar-refractivity contribution >= 4 is 29.2 Å². The van der Waals surface area contributed by atoms with E-state index in [1.54, 1.807) is 30.3 Å². The molecule has 2 aromatic rings. The Morgan fingerprint density at radius 3 is 2.46 bits per heavy atom. The standard InChI is InChI=1S/C18H18ClNO4/c1-12-5-3-4-6-16(12)20-18(22)13(2)24-17(21)11-23-15-9-7-14(19)8-10-15/h3-10,13H,11H2,1-2H3,(H,20,22)/t13-/m1/s1. The van der Waals surface area contributed by atoms with Crippen LogP contribution in [0.4, 0.5) is 5.69 Å². The zero-order valence-corrected chi connectivity index (χ0v) is 14.2. The van der Waals surface area contributed by atoms with Crippen molar-refractivity contribution in [3.05, 3.63) is 59.1 Å². The molecular weight excluding hydrogens is 330 g/mol. The third-order valence-electron chi connectivity index (χ3n) is 3.25. The minimum atomic E-state index is -0.925. The number of rotatable bonds is 6. The summed E-state index contributed by atoms with van der Waals surface area (Å²) >= 11 is 5.76. The van der Waals surface area contributed by atoms with Crippen LogP contribution in [-0.4, -0.2) is 24.6 Å². The monoisotopic (exact) mass is 347 g/mol. The summed E-state index contributed by atoms with van der Waals surface area (Å²) in [4.78, 5) is 23.8. The number of esters is 1. The van der Waals surface area contributed by atoms with Crippen molar-refractivity contribution in [1.29, 1.82) is 0 Å². The van der Waals surface area contributed by atoms with Gasteiger partial charge < -0.3 is 14.8 Å². The van der Waals surface area contributed by atoms with Gasteiger partial charge in [0.2, 0.25) is 0 Å². The predicted molar refractivity (Wildman–Crippen MR) is 92.3 cm³/mol. The Balaban J connectivity index is 1.81. The van der Waals surface area contributed by atoms with E-state index in [-0.39, 0.29) is 6.61 Å². The first kappa shape index (κ1) is 17.8. The molecule has 0 aliphatic rings. The first-order chi connectivity index (χ1) is 11.5. The molecule has 0 saturated carbocycles. The number of benzene rings is 2. The zero-order valence-electron chi connectivity index (χ0n) is 13.4. The maximum atomic E-state index is 12.1. The molecule has 1 amide bonds. The van der Waals surface area contributed by atoms with E-state index in [4.69, 9.17) is 21.1 Å². The number of para-hydroxylation sites is 1. The molecule has 126 valence electrons. The average molecular weight is 348 g/mol. The molecule has 1 N–H and O–H groups in total. The van der Waals surface area contributed by atoms with E-state index >= 15 is 0 Å². The third-order valence-corrected chi connectivity index (χ3v) is 3.50. The molecular formula is C18H18ClNO4. The van der Waals surface area contributed by atoms with Gasteiger partial charge in [-0.1, -0.05) is 29.8 Å². The van der Waals surface area contributed by atoms with Gasteiger partial charge in [0.05, 0.1) is 0 Å². The normalized spacial score (nSPS) is 11.5. The summed E-state index contributed by atoms with van der Waals surface area (Å²) in [5.41, 5.74) is 1.61. The van der Waals surface area contributed by atoms with E-state index < -0.39 is 18.0 Å². The van der Waals surface area contributed by atoms with Crippen molar-refractivity contribution in [3.63, 3.8) is 0 Å². The van der Waals surface area contributed by atoms with Crippen molar-refractivity contribution < 1.29 is 19.1 Å². The number of anilines is 1. The molecule has 0 aliphatic heterocycles. The highest BCUT2D eigenvalue weighted by Gasteiger charge is 2.18. The Kier molecular flexibility index (Phi) is 6.21. The molecule has 5 nitrogen and oxygen atoms in total. The second kappa shape index (κ2) is 8.36. The van der Waals surface area contributed by atoms with Gasteiger partial charge in [0.1, 0.15) is 5.75 Å². The Hall–Kier alpha value is -2.53. The van der Waals surface area contributed by atoms with Crippen molar-refractivity contribution in [2.75, 3.05) is 11.9 Å². The molecule has 0 fully saturated rings. The highest BCUT2D eigenvalue weighted by Crippen LogP contribution is 2.16. The molecule has 1 atom stereocenters. The molecule has 2 aromatic carbocycles. The number of ether oxygens (including phenoxy) is 2. The van der Waals surface area contributed by atoms with Gasteiger partial charge in [-0.25, -0.2) is 4.79 Å². The lowest BCUT2D eigenvalue weighted by molar-refractivity contribution is -0.155. The molecule has 6 heteroatoms. The second-order valence-corrected chi connectivity index (χ2v) is 5.62. The molecule has 0 radical (unpaired) electrons. The number of hydrogen-bond acceptors (Lipinski definition) is 4. The Labute approximate surface area is 145 Å². The maximum absolute atomic E-state index is 12.1. The van der Waals surface area contributed by atoms with Crippen LogP contribution in [0.25, 0.3) is 0 Å². The van der Waals surface area contributed by atoms with Crippen LogP contribution in [0.1, 0.15) is 12.5 Å². The van der Waals surface area contributed by atoms with Gasteiger partial charge in [0, 0.05) is 10.7 Å². The quantitative estimate of drug-likeness (QED) is 0.811. The van der Waals surface area contributed by atoms with Crippen LogP contribution >= 0.6 is 11.6 Å². The van der Waals surface area contributed by atoms with Crippen molar-refractivity contribution in [1.82, 2.24) is 0 Å². The topological polar surface area (TPSA) is 64.6 Å². The summed E-state index contributed by atoms with van der Waals surface area (Å²) in [5, 5.41) is 3.30. The molecule has 0 saturated heterocycles. The van der Waals surface area contributed by atoms with Gasteiger partial charge >= 0.3 is 5.97 Å². The van der Waals surface area contributed by atoms with Crippen LogP contribution in [0.2, 0.25) is 5.02 Å². The van der Waals surface area contributed by atoms with Crippen LogP contribution in [0.5, 0.6) is 5.75 Å². The maximum Gasteiger partial charge on any atom is 0.344 e. The molecule has 0 unspecified atom stereocenters. The molecule has 2 rings (SSSR count). The van der Waals surface area contributed by atoms with E-state index in [0.29, 0.717) is 16.5 Å². The molecule has 0 aliphatic carbocycles. The number of carbonyl (C=O) groups excluding carboxylic acids is 2. The number of carbonyl (C=O) groups is 2. The fourth-order valence-electron chi connectivity index (χ4n) is 1.91. The summed E-state index contributed by atoms with van der Waals surface area (Å²) in [6, 6.07) is 14.0. The Morgan fingerprint density at radius 2 is 1.79 bits per heavy atom. The summed E-state index contributed by atoms with van der Waals surface area (Å²) in [7, 11) is 0. The van der Waals surface area contributed by atoms with Crippen LogP contribution in [-0.2, 0) is 14.3 Å². The Bertz CT molecular complexity index is 715. The van der Waals surface area contributed by atoms with Crippen molar-refractivity contribution in [3.8, 4) is 5.75 Å². The first-order valence-electron chi connectivity index (χ1n) is 7.40. The highest BCUT2D eigenvalue weighted by molar-refractivity contribution is 6.30. The van der Waals surface area contributed by atoms with Crippen LogP contribution in [0.15, 0.2) is 48.5 Å². The van der Waals surface area contributed by atoms with Crippen molar-refractivity contribution in [2.45, 2.75) is 20.0 Å². The number of nitrogens with one attached hydrogen (secondary N) is 1. The number of halogens is 1. The minimum absolute atomic E-state index is 0.288. The lowest BCUT2D eigenvalue weighted by atomic mass is 10.2.